The molecule has 0 radical (unpaired) electrons. The highest BCUT2D eigenvalue weighted by molar-refractivity contribution is 5.20. The molecule has 0 aromatic carbocycles. The smallest absolute Gasteiger partial charge is 0.324 e. The summed E-state index contributed by atoms with van der Waals surface area (Å²) in [6, 6.07) is 0.256. The molecule has 0 amide bonds. The molecule has 1 aromatic heterocycles. The van der Waals surface area contributed by atoms with Crippen LogP contribution in [0, 0.1) is 0 Å². The molecule has 7 heteroatoms. The molecule has 0 bridgehead atoms. The Balaban J connectivity index is 2.71. The Labute approximate surface area is 87.6 Å². The Hall–Kier alpha value is -1.63. The average molecular weight is 214 g/mol. The van der Waals surface area contributed by atoms with Gasteiger partial charge in [-0.1, -0.05) is 0 Å². The van der Waals surface area contributed by atoms with Crippen LogP contribution in [0.1, 0.15) is 6.92 Å². The molecule has 84 valence electrons. The Bertz CT molecular complexity index is 321. The molecule has 0 aliphatic heterocycles. The molecule has 1 aromatic rings. The molecule has 1 atom stereocenters. The molecule has 0 spiro atoms. The van der Waals surface area contributed by atoms with Gasteiger partial charge in [-0.15, -0.1) is 4.98 Å². The maximum atomic E-state index is 5.43. The van der Waals surface area contributed by atoms with E-state index in [9.17, 15) is 0 Å². The van der Waals surface area contributed by atoms with Gasteiger partial charge in [-0.2, -0.15) is 9.97 Å². The van der Waals surface area contributed by atoms with Gasteiger partial charge < -0.3 is 19.9 Å². The van der Waals surface area contributed by atoms with Crippen molar-refractivity contribution in [2.75, 3.05) is 26.6 Å². The molecule has 2 N–H and O–H groups in total. The SMILES string of the molecule is COCC(C)Oc1nc(N)nc(OC)n1. The molecule has 0 aliphatic carbocycles. The fourth-order valence-electron chi connectivity index (χ4n) is 0.945. The number of ether oxygens (including phenoxy) is 3. The van der Waals surface area contributed by atoms with Crippen molar-refractivity contribution < 1.29 is 14.2 Å². The minimum atomic E-state index is -0.165. The van der Waals surface area contributed by atoms with Crippen LogP contribution >= 0.6 is 0 Å². The molecule has 7 nitrogen and oxygen atoms in total. The van der Waals surface area contributed by atoms with Gasteiger partial charge in [-0.05, 0) is 6.92 Å². The summed E-state index contributed by atoms with van der Waals surface area (Å²) >= 11 is 0. The van der Waals surface area contributed by atoms with Gasteiger partial charge in [0.25, 0.3) is 0 Å². The van der Waals surface area contributed by atoms with Gasteiger partial charge >= 0.3 is 12.0 Å². The van der Waals surface area contributed by atoms with E-state index in [-0.39, 0.29) is 24.1 Å². The predicted octanol–water partition coefficient (Wildman–Crippen LogP) is -0.124. The average Bonchev–Trinajstić information content (AvgIpc) is 2.17. The van der Waals surface area contributed by atoms with Crippen LogP contribution < -0.4 is 15.2 Å². The van der Waals surface area contributed by atoms with Crippen molar-refractivity contribution in [3.05, 3.63) is 0 Å². The highest BCUT2D eigenvalue weighted by atomic mass is 16.5. The number of methoxy groups -OCH3 is 2. The third-order valence-electron chi connectivity index (χ3n) is 1.50. The number of hydrogen-bond donors (Lipinski definition) is 1. The van der Waals surface area contributed by atoms with Crippen molar-refractivity contribution in [2.45, 2.75) is 13.0 Å². The Morgan fingerprint density at radius 2 is 1.87 bits per heavy atom. The highest BCUT2D eigenvalue weighted by Gasteiger charge is 2.09. The van der Waals surface area contributed by atoms with E-state index in [4.69, 9.17) is 19.9 Å². The molecule has 15 heavy (non-hydrogen) atoms. The summed E-state index contributed by atoms with van der Waals surface area (Å²) in [7, 11) is 3.03. The van der Waals surface area contributed by atoms with Crippen LogP contribution in [0.15, 0.2) is 0 Å². The fraction of sp³-hybridized carbons (Fsp3) is 0.625. The van der Waals surface area contributed by atoms with Crippen LogP contribution in [0.5, 0.6) is 12.0 Å². The van der Waals surface area contributed by atoms with Crippen LogP contribution in [0.2, 0.25) is 0 Å². The number of nitrogens with zero attached hydrogens (tertiary/aromatic N) is 3. The van der Waals surface area contributed by atoms with E-state index in [0.717, 1.165) is 0 Å². The lowest BCUT2D eigenvalue weighted by Crippen LogP contribution is -2.19. The first-order chi connectivity index (χ1) is 7.15. The summed E-state index contributed by atoms with van der Waals surface area (Å²) in [6.45, 7) is 2.27. The molecule has 1 unspecified atom stereocenters. The Morgan fingerprint density at radius 1 is 1.20 bits per heavy atom. The van der Waals surface area contributed by atoms with Crippen LogP contribution in [-0.2, 0) is 4.74 Å². The monoisotopic (exact) mass is 214 g/mol. The molecule has 1 heterocycles. The van der Waals surface area contributed by atoms with Gasteiger partial charge in [-0.25, -0.2) is 0 Å². The van der Waals surface area contributed by atoms with E-state index >= 15 is 0 Å². The van der Waals surface area contributed by atoms with Crippen molar-refractivity contribution >= 4 is 5.95 Å². The second-order valence-corrected chi connectivity index (χ2v) is 2.85. The lowest BCUT2D eigenvalue weighted by atomic mass is 10.4. The molecule has 1 rings (SSSR count). The quantitative estimate of drug-likeness (QED) is 0.730. The van der Waals surface area contributed by atoms with E-state index in [0.29, 0.717) is 6.61 Å². The first-order valence-electron chi connectivity index (χ1n) is 4.37. The number of hydrogen-bond acceptors (Lipinski definition) is 7. The number of anilines is 1. The van der Waals surface area contributed by atoms with Crippen molar-refractivity contribution in [1.29, 1.82) is 0 Å². The van der Waals surface area contributed by atoms with Gasteiger partial charge in [0.05, 0.1) is 13.7 Å². The third kappa shape index (κ3) is 3.55. The van der Waals surface area contributed by atoms with Crippen LogP contribution in [0.3, 0.4) is 0 Å². The fourth-order valence-corrected chi connectivity index (χ4v) is 0.945. The van der Waals surface area contributed by atoms with Gasteiger partial charge in [0, 0.05) is 7.11 Å². The largest absolute Gasteiger partial charge is 0.467 e. The summed E-state index contributed by atoms with van der Waals surface area (Å²) in [6.07, 6.45) is -0.165. The van der Waals surface area contributed by atoms with Crippen molar-refractivity contribution in [2.24, 2.45) is 0 Å². The second-order valence-electron chi connectivity index (χ2n) is 2.85. The third-order valence-corrected chi connectivity index (χ3v) is 1.50. The Kier molecular flexibility index (Phi) is 4.04. The minimum absolute atomic E-state index is 0.0569. The van der Waals surface area contributed by atoms with E-state index in [1.54, 1.807) is 7.11 Å². The molecular formula is C8H14N4O3. The minimum Gasteiger partial charge on any atom is -0.467 e. The summed E-state index contributed by atoms with van der Waals surface area (Å²) in [5.74, 6) is 0.0569. The first-order valence-corrected chi connectivity index (χ1v) is 4.37. The summed E-state index contributed by atoms with van der Waals surface area (Å²) in [5.41, 5.74) is 5.43. The number of nitrogen functional groups attached to an aromatic ring is 1. The van der Waals surface area contributed by atoms with Gasteiger partial charge in [0.1, 0.15) is 6.10 Å². The zero-order valence-electron chi connectivity index (χ0n) is 8.93. The second kappa shape index (κ2) is 5.30. The summed E-state index contributed by atoms with van der Waals surface area (Å²) in [4.78, 5) is 11.4. The topological polar surface area (TPSA) is 92.4 Å². The zero-order valence-corrected chi connectivity index (χ0v) is 8.93. The molecule has 0 saturated heterocycles. The van der Waals surface area contributed by atoms with Crippen LogP contribution in [0.4, 0.5) is 5.95 Å². The van der Waals surface area contributed by atoms with E-state index < -0.39 is 0 Å². The maximum Gasteiger partial charge on any atom is 0.324 e. The van der Waals surface area contributed by atoms with Gasteiger partial charge in [0.15, 0.2) is 0 Å². The Morgan fingerprint density at radius 3 is 2.47 bits per heavy atom. The normalized spacial score (nSPS) is 12.2. The van der Waals surface area contributed by atoms with Gasteiger partial charge in [0.2, 0.25) is 5.95 Å². The van der Waals surface area contributed by atoms with Crippen molar-refractivity contribution in [1.82, 2.24) is 15.0 Å². The molecular weight excluding hydrogens is 200 g/mol. The maximum absolute atomic E-state index is 5.43. The molecule has 0 saturated carbocycles. The van der Waals surface area contributed by atoms with Gasteiger partial charge in [-0.3, -0.25) is 0 Å². The zero-order chi connectivity index (χ0) is 11.3. The van der Waals surface area contributed by atoms with E-state index in [1.807, 2.05) is 6.92 Å². The highest BCUT2D eigenvalue weighted by Crippen LogP contribution is 2.11. The summed E-state index contributed by atoms with van der Waals surface area (Å²) in [5, 5.41) is 0. The number of rotatable bonds is 5. The van der Waals surface area contributed by atoms with Crippen LogP contribution in [0.25, 0.3) is 0 Å². The van der Waals surface area contributed by atoms with Crippen molar-refractivity contribution in [3.8, 4) is 12.0 Å². The molecule has 0 aliphatic rings. The number of nitrogens with two attached hydrogens (primary N) is 1. The lowest BCUT2D eigenvalue weighted by molar-refractivity contribution is 0.0848. The standard InChI is InChI=1S/C8H14N4O3/c1-5(4-13-2)15-8-11-6(9)10-7(12-8)14-3/h5H,4H2,1-3H3,(H2,9,10,11,12). The molecule has 0 fully saturated rings. The number of aromatic nitrogens is 3. The lowest BCUT2D eigenvalue weighted by Gasteiger charge is -2.11. The predicted molar refractivity (Wildman–Crippen MR) is 52.8 cm³/mol. The van der Waals surface area contributed by atoms with Crippen LogP contribution in [-0.4, -0.2) is 41.9 Å². The van der Waals surface area contributed by atoms with Crippen molar-refractivity contribution in [3.63, 3.8) is 0 Å². The van der Waals surface area contributed by atoms with E-state index in [1.165, 1.54) is 7.11 Å². The first kappa shape index (κ1) is 11.4. The summed E-state index contributed by atoms with van der Waals surface area (Å²) < 4.78 is 15.1. The van der Waals surface area contributed by atoms with E-state index in [2.05, 4.69) is 15.0 Å².